The Hall–Kier alpha value is -0.750. The molecule has 3 aliphatic heterocycles. The molecule has 0 radical (unpaired) electrons. The molecule has 2 amide bonds. The van der Waals surface area contributed by atoms with Gasteiger partial charge >= 0.3 is 0 Å². The van der Waals surface area contributed by atoms with E-state index in [-0.39, 0.29) is 22.7 Å². The summed E-state index contributed by atoms with van der Waals surface area (Å²) in [7, 11) is 0. The quantitative estimate of drug-likeness (QED) is 0.730. The van der Waals surface area contributed by atoms with Gasteiger partial charge < -0.3 is 14.9 Å². The number of aliphatic hydroxyl groups is 1. The summed E-state index contributed by atoms with van der Waals surface area (Å²) < 4.78 is 0. The van der Waals surface area contributed by atoms with Crippen LogP contribution in [0.5, 0.6) is 0 Å². The van der Waals surface area contributed by atoms with Gasteiger partial charge in [-0.25, -0.2) is 0 Å². The molecule has 1 N–H and O–H groups in total. The lowest BCUT2D eigenvalue weighted by molar-refractivity contribution is -0.159. The van der Waals surface area contributed by atoms with Crippen LogP contribution in [0.25, 0.3) is 0 Å². The third-order valence-electron chi connectivity index (χ3n) is 4.10. The second-order valence-corrected chi connectivity index (χ2v) is 7.46. The van der Waals surface area contributed by atoms with Crippen molar-refractivity contribution in [1.29, 1.82) is 0 Å². The summed E-state index contributed by atoms with van der Waals surface area (Å²) in [5.41, 5.74) is -0.750. The fourth-order valence-electron chi connectivity index (χ4n) is 3.15. The lowest BCUT2D eigenvalue weighted by Crippen LogP contribution is -2.65. The highest BCUT2D eigenvalue weighted by Gasteiger charge is 2.55. The summed E-state index contributed by atoms with van der Waals surface area (Å²) >= 11 is 1.70. The Bertz CT molecular complexity index is 418. The van der Waals surface area contributed by atoms with Crippen molar-refractivity contribution in [3.05, 3.63) is 0 Å². The molecule has 5 nitrogen and oxygen atoms in total. The summed E-state index contributed by atoms with van der Waals surface area (Å²) in [6, 6.07) is -0.328. The molecule has 3 saturated heterocycles. The predicted octanol–water partition coefficient (Wildman–Crippen LogP) is 0.0336. The smallest absolute Gasteiger partial charge is 0.246 e. The van der Waals surface area contributed by atoms with Gasteiger partial charge in [-0.15, -0.1) is 11.8 Å². The van der Waals surface area contributed by atoms with Crippen molar-refractivity contribution in [2.24, 2.45) is 0 Å². The van der Waals surface area contributed by atoms with Crippen LogP contribution in [0.3, 0.4) is 0 Å². The second-order valence-electron chi connectivity index (χ2n) is 5.96. The predicted molar refractivity (Wildman–Crippen MR) is 67.9 cm³/mol. The fourth-order valence-corrected chi connectivity index (χ4v) is 4.57. The number of thioether (sulfide) groups is 1. The van der Waals surface area contributed by atoms with E-state index in [9.17, 15) is 14.7 Å². The number of likely N-dealkylation sites (tertiary alicyclic amines) is 1. The van der Waals surface area contributed by atoms with Gasteiger partial charge in [0.05, 0.1) is 23.6 Å². The number of hydrogen-bond donors (Lipinski definition) is 1. The topological polar surface area (TPSA) is 60.9 Å². The number of hydrogen-bond acceptors (Lipinski definition) is 4. The van der Waals surface area contributed by atoms with Gasteiger partial charge in [0.25, 0.3) is 0 Å². The van der Waals surface area contributed by atoms with Crippen molar-refractivity contribution in [1.82, 2.24) is 9.80 Å². The molecular weight excluding hydrogens is 252 g/mol. The first kappa shape index (κ1) is 12.3. The maximum atomic E-state index is 12.4. The third kappa shape index (κ3) is 1.66. The molecule has 0 aromatic rings. The number of nitrogens with zero attached hydrogens (tertiary/aromatic N) is 2. The highest BCUT2D eigenvalue weighted by molar-refractivity contribution is 8.01. The van der Waals surface area contributed by atoms with Crippen molar-refractivity contribution < 1.29 is 14.7 Å². The summed E-state index contributed by atoms with van der Waals surface area (Å²) in [4.78, 5) is 27.5. The van der Waals surface area contributed by atoms with Crippen LogP contribution in [0, 0.1) is 0 Å². The zero-order valence-corrected chi connectivity index (χ0v) is 11.5. The first-order chi connectivity index (χ1) is 8.32. The molecule has 0 aromatic carbocycles. The van der Waals surface area contributed by atoms with E-state index in [1.54, 1.807) is 28.5 Å². The van der Waals surface area contributed by atoms with E-state index in [1.807, 2.05) is 6.92 Å². The van der Waals surface area contributed by atoms with Crippen LogP contribution in [0.2, 0.25) is 0 Å². The van der Waals surface area contributed by atoms with Gasteiger partial charge in [0.1, 0.15) is 6.04 Å². The largest absolute Gasteiger partial charge is 0.386 e. The fraction of sp³-hybridized carbons (Fsp3) is 0.833. The Kier molecular flexibility index (Phi) is 2.48. The van der Waals surface area contributed by atoms with Crippen molar-refractivity contribution in [3.8, 4) is 0 Å². The minimum absolute atomic E-state index is 0.00648. The van der Waals surface area contributed by atoms with Crippen LogP contribution in [0.15, 0.2) is 0 Å². The number of fused-ring (bicyclic) bond motifs is 1. The lowest BCUT2D eigenvalue weighted by Gasteiger charge is -2.46. The van der Waals surface area contributed by atoms with Gasteiger partial charge in [0.2, 0.25) is 11.8 Å². The van der Waals surface area contributed by atoms with Crippen LogP contribution in [0.4, 0.5) is 0 Å². The van der Waals surface area contributed by atoms with E-state index < -0.39 is 5.60 Å². The first-order valence-corrected chi connectivity index (χ1v) is 7.28. The standard InChI is InChI=1S/C12H18N2O3S/c1-11(17)6-13(7-11)10(16)8-5-18-12(2)4-3-9(15)14(8)12/h8,17H,3-7H2,1-2H3. The van der Waals surface area contributed by atoms with Gasteiger partial charge in [-0.3, -0.25) is 9.59 Å². The minimum atomic E-state index is -0.750. The molecule has 100 valence electrons. The first-order valence-electron chi connectivity index (χ1n) is 6.30. The van der Waals surface area contributed by atoms with E-state index in [0.29, 0.717) is 25.3 Å². The lowest BCUT2D eigenvalue weighted by atomic mass is 9.96. The van der Waals surface area contributed by atoms with E-state index in [0.717, 1.165) is 6.42 Å². The number of rotatable bonds is 1. The summed E-state index contributed by atoms with van der Waals surface area (Å²) in [6.07, 6.45) is 1.38. The maximum Gasteiger partial charge on any atom is 0.246 e. The van der Waals surface area contributed by atoms with Gasteiger partial charge in [-0.05, 0) is 20.3 Å². The second kappa shape index (κ2) is 3.63. The Balaban J connectivity index is 1.74. The summed E-state index contributed by atoms with van der Waals surface area (Å²) in [6.45, 7) is 4.53. The summed E-state index contributed by atoms with van der Waals surface area (Å²) in [5, 5.41) is 9.69. The monoisotopic (exact) mass is 270 g/mol. The molecule has 3 rings (SSSR count). The highest BCUT2D eigenvalue weighted by atomic mass is 32.2. The molecule has 6 heteroatoms. The molecule has 2 unspecified atom stereocenters. The van der Waals surface area contributed by atoms with Crippen LogP contribution < -0.4 is 0 Å². The normalized spacial score (nSPS) is 37.7. The van der Waals surface area contributed by atoms with Crippen LogP contribution in [-0.2, 0) is 9.59 Å². The third-order valence-corrected chi connectivity index (χ3v) is 5.61. The van der Waals surface area contributed by atoms with Crippen molar-refractivity contribution in [3.63, 3.8) is 0 Å². The molecule has 3 heterocycles. The molecule has 3 aliphatic rings. The van der Waals surface area contributed by atoms with Crippen LogP contribution >= 0.6 is 11.8 Å². The van der Waals surface area contributed by atoms with E-state index in [4.69, 9.17) is 0 Å². The zero-order valence-electron chi connectivity index (χ0n) is 10.7. The highest BCUT2D eigenvalue weighted by Crippen LogP contribution is 2.47. The molecule has 0 spiro atoms. The SMILES string of the molecule is CC1(O)CN(C(=O)C2CSC3(C)CCC(=O)N23)C1. The number of β-amino-alcohol motifs (C(OH)–C–C–N with tert-alkyl or cyclic N) is 1. The van der Waals surface area contributed by atoms with Gasteiger partial charge in [-0.1, -0.05) is 0 Å². The van der Waals surface area contributed by atoms with Crippen molar-refractivity contribution in [2.45, 2.75) is 43.2 Å². The van der Waals surface area contributed by atoms with Gasteiger partial charge in [0.15, 0.2) is 0 Å². The van der Waals surface area contributed by atoms with E-state index in [2.05, 4.69) is 0 Å². The Labute approximate surface area is 110 Å². The molecule has 0 aliphatic carbocycles. The van der Waals surface area contributed by atoms with E-state index in [1.165, 1.54) is 0 Å². The maximum absolute atomic E-state index is 12.4. The Morgan fingerprint density at radius 2 is 2.11 bits per heavy atom. The molecule has 18 heavy (non-hydrogen) atoms. The molecule has 2 atom stereocenters. The molecule has 0 saturated carbocycles. The van der Waals surface area contributed by atoms with Crippen molar-refractivity contribution in [2.75, 3.05) is 18.8 Å². The van der Waals surface area contributed by atoms with Crippen LogP contribution in [0.1, 0.15) is 26.7 Å². The molecular formula is C12H18N2O3S. The van der Waals surface area contributed by atoms with Gasteiger partial charge in [-0.2, -0.15) is 0 Å². The summed E-state index contributed by atoms with van der Waals surface area (Å²) in [5.74, 6) is 0.765. The minimum Gasteiger partial charge on any atom is -0.386 e. The van der Waals surface area contributed by atoms with Gasteiger partial charge in [0, 0.05) is 12.2 Å². The van der Waals surface area contributed by atoms with E-state index >= 15 is 0 Å². The molecule has 3 fully saturated rings. The molecule has 0 bridgehead atoms. The molecule has 0 aromatic heterocycles. The average Bonchev–Trinajstić information content (AvgIpc) is 2.72. The number of amides is 2. The number of carbonyl (C=O) groups excluding carboxylic acids is 2. The average molecular weight is 270 g/mol. The zero-order chi connectivity index (χ0) is 13.1. The van der Waals surface area contributed by atoms with Crippen molar-refractivity contribution >= 4 is 23.6 Å². The Morgan fingerprint density at radius 3 is 2.72 bits per heavy atom. The number of carbonyl (C=O) groups is 2. The van der Waals surface area contributed by atoms with Crippen LogP contribution in [-0.4, -0.2) is 62.1 Å². The Morgan fingerprint density at radius 1 is 1.44 bits per heavy atom.